The first-order chi connectivity index (χ1) is 17.1. The highest BCUT2D eigenvalue weighted by atomic mass is 16.5. The summed E-state index contributed by atoms with van der Waals surface area (Å²) in [5.74, 6) is 2.20. The SMILES string of the molecule is COc1ccc2c(c1)C(CN1CCN(C3CCC34CCNCC4)C(c3ccccc3C(C)C)C1)C2. The van der Waals surface area contributed by atoms with Gasteiger partial charge in [-0.2, -0.15) is 0 Å². The van der Waals surface area contributed by atoms with Crippen LogP contribution in [0.5, 0.6) is 5.75 Å². The van der Waals surface area contributed by atoms with Gasteiger partial charge in [0.05, 0.1) is 7.11 Å². The van der Waals surface area contributed by atoms with E-state index < -0.39 is 0 Å². The Kier molecular flexibility index (Phi) is 6.41. The van der Waals surface area contributed by atoms with Gasteiger partial charge < -0.3 is 10.1 Å². The molecule has 0 amide bonds. The highest BCUT2D eigenvalue weighted by Gasteiger charge is 2.52. The summed E-state index contributed by atoms with van der Waals surface area (Å²) in [6, 6.07) is 17.2. The van der Waals surface area contributed by atoms with Gasteiger partial charge >= 0.3 is 0 Å². The summed E-state index contributed by atoms with van der Waals surface area (Å²) in [7, 11) is 1.78. The third-order valence-electron chi connectivity index (χ3n) is 9.84. The fraction of sp³-hybridized carbons (Fsp3) is 0.613. The monoisotopic (exact) mass is 473 g/mol. The number of nitrogens with zero attached hydrogens (tertiary/aromatic N) is 2. The van der Waals surface area contributed by atoms with Crippen molar-refractivity contribution in [2.45, 2.75) is 69.9 Å². The van der Waals surface area contributed by atoms with Gasteiger partial charge in [0.15, 0.2) is 0 Å². The molecular formula is C31H43N3O. The predicted octanol–water partition coefficient (Wildman–Crippen LogP) is 5.35. The molecule has 35 heavy (non-hydrogen) atoms. The zero-order valence-corrected chi connectivity index (χ0v) is 21.9. The number of benzene rings is 2. The van der Waals surface area contributed by atoms with Crippen molar-refractivity contribution in [3.8, 4) is 5.75 Å². The molecule has 1 saturated carbocycles. The van der Waals surface area contributed by atoms with Crippen molar-refractivity contribution in [1.29, 1.82) is 0 Å². The van der Waals surface area contributed by atoms with E-state index in [0.717, 1.165) is 18.3 Å². The zero-order chi connectivity index (χ0) is 24.0. The van der Waals surface area contributed by atoms with Crippen LogP contribution in [0.3, 0.4) is 0 Å². The Hall–Kier alpha value is -1.88. The number of rotatable bonds is 6. The van der Waals surface area contributed by atoms with Crippen LogP contribution < -0.4 is 10.1 Å². The Balaban J connectivity index is 1.25. The number of methoxy groups -OCH3 is 1. The molecule has 3 unspecified atom stereocenters. The maximum absolute atomic E-state index is 5.52. The summed E-state index contributed by atoms with van der Waals surface area (Å²) in [6.07, 6.45) is 6.74. The number of hydrogen-bond donors (Lipinski definition) is 1. The quantitative estimate of drug-likeness (QED) is 0.612. The van der Waals surface area contributed by atoms with Crippen molar-refractivity contribution in [2.75, 3.05) is 46.4 Å². The van der Waals surface area contributed by atoms with Crippen molar-refractivity contribution in [1.82, 2.24) is 15.1 Å². The topological polar surface area (TPSA) is 27.7 Å². The second-order valence-corrected chi connectivity index (χ2v) is 11.9. The van der Waals surface area contributed by atoms with Gasteiger partial charge in [0, 0.05) is 44.2 Å². The van der Waals surface area contributed by atoms with E-state index in [1.54, 1.807) is 18.2 Å². The molecule has 4 nitrogen and oxygen atoms in total. The van der Waals surface area contributed by atoms with Crippen molar-refractivity contribution in [3.05, 3.63) is 64.7 Å². The van der Waals surface area contributed by atoms with Gasteiger partial charge in [-0.05, 0) is 90.9 Å². The maximum atomic E-state index is 5.52. The lowest BCUT2D eigenvalue weighted by Gasteiger charge is -2.60. The normalized spacial score (nSPS) is 28.4. The Bertz CT molecular complexity index is 1040. The summed E-state index contributed by atoms with van der Waals surface area (Å²) in [5, 5.41) is 3.62. The Morgan fingerprint density at radius 1 is 1.03 bits per heavy atom. The molecule has 2 aliphatic heterocycles. The Morgan fingerprint density at radius 2 is 1.86 bits per heavy atom. The van der Waals surface area contributed by atoms with Gasteiger partial charge in [-0.25, -0.2) is 0 Å². The molecule has 2 heterocycles. The van der Waals surface area contributed by atoms with Gasteiger partial charge in [-0.3, -0.25) is 9.80 Å². The van der Waals surface area contributed by atoms with Gasteiger partial charge in [0.1, 0.15) is 5.75 Å². The van der Waals surface area contributed by atoms with E-state index in [2.05, 4.69) is 71.4 Å². The van der Waals surface area contributed by atoms with Crippen molar-refractivity contribution in [3.63, 3.8) is 0 Å². The fourth-order valence-electron chi connectivity index (χ4n) is 7.70. The smallest absolute Gasteiger partial charge is 0.119 e. The van der Waals surface area contributed by atoms with E-state index in [1.165, 1.54) is 76.0 Å². The van der Waals surface area contributed by atoms with Crippen LogP contribution in [0, 0.1) is 5.41 Å². The van der Waals surface area contributed by atoms with Crippen LogP contribution in [0.25, 0.3) is 0 Å². The van der Waals surface area contributed by atoms with Crippen molar-refractivity contribution >= 4 is 0 Å². The molecule has 1 spiro atoms. The number of ether oxygens (including phenoxy) is 1. The highest BCUT2D eigenvalue weighted by Crippen LogP contribution is 2.53. The van der Waals surface area contributed by atoms with Crippen LogP contribution in [0.2, 0.25) is 0 Å². The number of hydrogen-bond acceptors (Lipinski definition) is 4. The molecule has 0 bridgehead atoms. The maximum Gasteiger partial charge on any atom is 0.119 e. The average Bonchev–Trinajstić information content (AvgIpc) is 2.88. The summed E-state index contributed by atoms with van der Waals surface area (Å²) in [6.45, 7) is 11.9. The summed E-state index contributed by atoms with van der Waals surface area (Å²) < 4.78 is 5.52. The number of piperidine rings is 1. The standard InChI is InChI=1S/C31H43N3O/c1-22(2)26-6-4-5-7-27(26)29-21-33(20-24-18-23-8-9-25(35-3)19-28(23)24)16-17-34(29)30-10-11-31(30)12-14-32-15-13-31/h4-9,19,22,24,29-30,32H,10-18,20-21H2,1-3H3. The Morgan fingerprint density at radius 3 is 2.60 bits per heavy atom. The van der Waals surface area contributed by atoms with E-state index in [-0.39, 0.29) is 0 Å². The average molecular weight is 474 g/mol. The van der Waals surface area contributed by atoms with Crippen LogP contribution in [0.4, 0.5) is 0 Å². The largest absolute Gasteiger partial charge is 0.497 e. The minimum Gasteiger partial charge on any atom is -0.497 e. The molecule has 4 heteroatoms. The molecular weight excluding hydrogens is 430 g/mol. The van der Waals surface area contributed by atoms with E-state index in [9.17, 15) is 0 Å². The molecule has 3 atom stereocenters. The van der Waals surface area contributed by atoms with Crippen LogP contribution in [0.15, 0.2) is 42.5 Å². The molecule has 3 fully saturated rings. The Labute approximate surface area is 212 Å². The molecule has 188 valence electrons. The third-order valence-corrected chi connectivity index (χ3v) is 9.84. The first-order valence-electron chi connectivity index (χ1n) is 14.0. The van der Waals surface area contributed by atoms with Crippen LogP contribution in [-0.4, -0.2) is 62.2 Å². The fourth-order valence-corrected chi connectivity index (χ4v) is 7.70. The molecule has 2 aromatic carbocycles. The molecule has 2 aromatic rings. The molecule has 6 rings (SSSR count). The number of nitrogens with one attached hydrogen (secondary N) is 1. The number of piperazine rings is 1. The molecule has 0 radical (unpaired) electrons. The lowest BCUT2D eigenvalue weighted by molar-refractivity contribution is -0.0902. The van der Waals surface area contributed by atoms with E-state index in [4.69, 9.17) is 4.74 Å². The van der Waals surface area contributed by atoms with Crippen LogP contribution >= 0.6 is 0 Å². The molecule has 2 aliphatic carbocycles. The highest BCUT2D eigenvalue weighted by molar-refractivity contribution is 5.45. The van der Waals surface area contributed by atoms with Crippen molar-refractivity contribution in [2.24, 2.45) is 5.41 Å². The van der Waals surface area contributed by atoms with E-state index >= 15 is 0 Å². The second-order valence-electron chi connectivity index (χ2n) is 11.9. The summed E-state index contributed by atoms with van der Waals surface area (Å²) in [4.78, 5) is 5.74. The molecule has 1 N–H and O–H groups in total. The second kappa shape index (κ2) is 9.53. The van der Waals surface area contributed by atoms with Gasteiger partial charge in [0.2, 0.25) is 0 Å². The van der Waals surface area contributed by atoms with Gasteiger partial charge in [-0.1, -0.05) is 44.2 Å². The summed E-state index contributed by atoms with van der Waals surface area (Å²) >= 11 is 0. The van der Waals surface area contributed by atoms with Gasteiger partial charge in [0.25, 0.3) is 0 Å². The van der Waals surface area contributed by atoms with Crippen molar-refractivity contribution < 1.29 is 4.74 Å². The molecule has 4 aliphatic rings. The van der Waals surface area contributed by atoms with E-state index in [1.807, 2.05) is 0 Å². The zero-order valence-electron chi connectivity index (χ0n) is 21.9. The minimum atomic E-state index is 0.504. The first kappa shape index (κ1) is 23.5. The molecule has 2 saturated heterocycles. The summed E-state index contributed by atoms with van der Waals surface area (Å²) in [5.41, 5.74) is 6.71. The minimum absolute atomic E-state index is 0.504. The third kappa shape index (κ3) is 4.22. The first-order valence-corrected chi connectivity index (χ1v) is 14.0. The number of fused-ring (bicyclic) bond motifs is 1. The van der Waals surface area contributed by atoms with Crippen LogP contribution in [0.1, 0.15) is 79.7 Å². The lowest BCUT2D eigenvalue weighted by Crippen LogP contribution is -2.63. The van der Waals surface area contributed by atoms with Crippen LogP contribution in [-0.2, 0) is 6.42 Å². The predicted molar refractivity (Wildman–Crippen MR) is 143 cm³/mol. The van der Waals surface area contributed by atoms with E-state index in [0.29, 0.717) is 23.3 Å². The van der Waals surface area contributed by atoms with Gasteiger partial charge in [-0.15, -0.1) is 0 Å². The molecule has 0 aromatic heterocycles. The lowest BCUT2D eigenvalue weighted by atomic mass is 9.58.